The van der Waals surface area contributed by atoms with Crippen LogP contribution in [0.15, 0.2) is 24.3 Å². The third-order valence-corrected chi connectivity index (χ3v) is 2.96. The predicted octanol–water partition coefficient (Wildman–Crippen LogP) is 2.42. The average molecular weight is 363 g/mol. The maximum absolute atomic E-state index is 11.8. The van der Waals surface area contributed by atoms with Crippen LogP contribution in [0.5, 0.6) is 0 Å². The third-order valence-electron chi connectivity index (χ3n) is 2.24. The molecule has 0 aliphatic rings. The summed E-state index contributed by atoms with van der Waals surface area (Å²) >= 11 is 2.20. The van der Waals surface area contributed by atoms with Crippen molar-refractivity contribution in [2.75, 3.05) is 19.8 Å². The van der Waals surface area contributed by atoms with E-state index in [0.717, 1.165) is 3.57 Å². The topological polar surface area (TPSA) is 47.6 Å². The van der Waals surface area contributed by atoms with Gasteiger partial charge in [-0.1, -0.05) is 0 Å². The van der Waals surface area contributed by atoms with Gasteiger partial charge in [0.15, 0.2) is 6.29 Å². The van der Waals surface area contributed by atoms with Gasteiger partial charge < -0.3 is 14.8 Å². The smallest absolute Gasteiger partial charge is 0.251 e. The van der Waals surface area contributed by atoms with E-state index in [-0.39, 0.29) is 12.2 Å². The van der Waals surface area contributed by atoms with Crippen molar-refractivity contribution in [2.24, 2.45) is 0 Å². The summed E-state index contributed by atoms with van der Waals surface area (Å²) in [6.07, 6.45) is -0.382. The maximum atomic E-state index is 11.8. The van der Waals surface area contributed by atoms with Crippen molar-refractivity contribution in [3.05, 3.63) is 33.4 Å². The lowest BCUT2D eigenvalue weighted by molar-refractivity contribution is -0.131. The van der Waals surface area contributed by atoms with Gasteiger partial charge in [-0.2, -0.15) is 0 Å². The van der Waals surface area contributed by atoms with Gasteiger partial charge in [0, 0.05) is 22.3 Å². The second kappa shape index (κ2) is 8.44. The maximum Gasteiger partial charge on any atom is 0.251 e. The van der Waals surface area contributed by atoms with E-state index in [1.807, 2.05) is 26.0 Å². The molecule has 5 heteroatoms. The number of carbonyl (C=O) groups excluding carboxylic acids is 1. The van der Waals surface area contributed by atoms with Crippen LogP contribution in [0, 0.1) is 3.57 Å². The first kappa shape index (κ1) is 15.4. The second-order valence-electron chi connectivity index (χ2n) is 3.56. The Morgan fingerprint density at radius 3 is 2.28 bits per heavy atom. The second-order valence-corrected chi connectivity index (χ2v) is 4.80. The molecule has 1 N–H and O–H groups in total. The molecule has 0 heterocycles. The molecule has 18 heavy (non-hydrogen) atoms. The zero-order valence-electron chi connectivity index (χ0n) is 10.6. The quantitative estimate of drug-likeness (QED) is 0.598. The Balaban J connectivity index is 2.46. The highest BCUT2D eigenvalue weighted by molar-refractivity contribution is 14.1. The fraction of sp³-hybridized carbons (Fsp3) is 0.462. The molecule has 0 radical (unpaired) electrons. The Labute approximate surface area is 121 Å². The summed E-state index contributed by atoms with van der Waals surface area (Å²) in [6.45, 7) is 5.26. The van der Waals surface area contributed by atoms with Crippen LogP contribution >= 0.6 is 22.6 Å². The van der Waals surface area contributed by atoms with Crippen LogP contribution in [0.2, 0.25) is 0 Å². The van der Waals surface area contributed by atoms with Crippen molar-refractivity contribution < 1.29 is 14.3 Å². The van der Waals surface area contributed by atoms with E-state index in [1.54, 1.807) is 12.1 Å². The normalized spacial score (nSPS) is 10.7. The molecule has 0 bridgehead atoms. The monoisotopic (exact) mass is 363 g/mol. The number of hydrogen-bond donors (Lipinski definition) is 1. The first-order valence-corrected chi connectivity index (χ1v) is 7.02. The molecule has 0 saturated heterocycles. The highest BCUT2D eigenvalue weighted by Gasteiger charge is 2.11. The molecule has 100 valence electrons. The van der Waals surface area contributed by atoms with Gasteiger partial charge in [0.1, 0.15) is 0 Å². The predicted molar refractivity (Wildman–Crippen MR) is 78.5 cm³/mol. The van der Waals surface area contributed by atoms with Crippen molar-refractivity contribution >= 4 is 28.5 Å². The van der Waals surface area contributed by atoms with E-state index in [4.69, 9.17) is 9.47 Å². The van der Waals surface area contributed by atoms with Crippen LogP contribution in [0.3, 0.4) is 0 Å². The van der Waals surface area contributed by atoms with Crippen molar-refractivity contribution in [3.63, 3.8) is 0 Å². The molecule has 1 aromatic rings. The lowest BCUT2D eigenvalue weighted by Crippen LogP contribution is -2.35. The fourth-order valence-electron chi connectivity index (χ4n) is 1.42. The minimum atomic E-state index is -0.382. The lowest BCUT2D eigenvalue weighted by Gasteiger charge is -2.17. The molecule has 0 atom stereocenters. The highest BCUT2D eigenvalue weighted by Crippen LogP contribution is 2.06. The Kier molecular flexibility index (Phi) is 7.22. The standard InChI is InChI=1S/C13H18INO3/c1-3-17-12(18-4-2)9-15-13(16)10-5-7-11(14)8-6-10/h5-8,12H,3-4,9H2,1-2H3,(H,15,16). The van der Waals surface area contributed by atoms with Crippen LogP contribution in [-0.4, -0.2) is 32.0 Å². The third kappa shape index (κ3) is 5.32. The minimum absolute atomic E-state index is 0.115. The molecule has 0 aliphatic carbocycles. The van der Waals surface area contributed by atoms with Crippen LogP contribution in [0.4, 0.5) is 0 Å². The van der Waals surface area contributed by atoms with Crippen LogP contribution in [0.1, 0.15) is 24.2 Å². The molecule has 0 unspecified atom stereocenters. The summed E-state index contributed by atoms with van der Waals surface area (Å²) in [5.74, 6) is -0.115. The van der Waals surface area contributed by atoms with Gasteiger partial charge in [-0.05, 0) is 60.7 Å². The number of halogens is 1. The summed E-state index contributed by atoms with van der Waals surface area (Å²) in [5.41, 5.74) is 0.641. The molecule has 0 fully saturated rings. The Hall–Kier alpha value is -0.660. The van der Waals surface area contributed by atoms with Gasteiger partial charge in [0.2, 0.25) is 0 Å². The summed E-state index contributed by atoms with van der Waals surface area (Å²) in [7, 11) is 0. The van der Waals surface area contributed by atoms with Gasteiger partial charge in [0.25, 0.3) is 5.91 Å². The molecule has 0 aliphatic heterocycles. The zero-order chi connectivity index (χ0) is 13.4. The number of amides is 1. The number of benzene rings is 1. The molecule has 0 saturated carbocycles. The Morgan fingerprint density at radius 2 is 1.78 bits per heavy atom. The molecular weight excluding hydrogens is 345 g/mol. The van der Waals surface area contributed by atoms with Crippen LogP contribution in [0.25, 0.3) is 0 Å². The molecule has 4 nitrogen and oxygen atoms in total. The summed E-state index contributed by atoms with van der Waals surface area (Å²) in [5, 5.41) is 2.80. The van der Waals surface area contributed by atoms with E-state index in [1.165, 1.54) is 0 Å². The summed E-state index contributed by atoms with van der Waals surface area (Å²) in [4.78, 5) is 11.8. The Morgan fingerprint density at radius 1 is 1.22 bits per heavy atom. The van der Waals surface area contributed by atoms with Crippen molar-refractivity contribution in [2.45, 2.75) is 20.1 Å². The fourth-order valence-corrected chi connectivity index (χ4v) is 1.78. The van der Waals surface area contributed by atoms with Gasteiger partial charge >= 0.3 is 0 Å². The number of carbonyl (C=O) groups is 1. The largest absolute Gasteiger partial charge is 0.351 e. The lowest BCUT2D eigenvalue weighted by atomic mass is 10.2. The highest BCUT2D eigenvalue weighted by atomic mass is 127. The molecule has 1 aromatic carbocycles. The van der Waals surface area contributed by atoms with Gasteiger partial charge in [-0.15, -0.1) is 0 Å². The number of nitrogens with one attached hydrogen (secondary N) is 1. The minimum Gasteiger partial charge on any atom is -0.351 e. The van der Waals surface area contributed by atoms with Gasteiger partial charge in [0.05, 0.1) is 6.54 Å². The Bertz CT molecular complexity index is 361. The van der Waals surface area contributed by atoms with Crippen molar-refractivity contribution in [1.29, 1.82) is 0 Å². The zero-order valence-corrected chi connectivity index (χ0v) is 12.8. The SMILES string of the molecule is CCOC(CNC(=O)c1ccc(I)cc1)OCC. The molecular formula is C13H18INO3. The molecule has 1 rings (SSSR count). The van der Waals surface area contributed by atoms with Crippen LogP contribution in [-0.2, 0) is 9.47 Å². The first-order valence-electron chi connectivity index (χ1n) is 5.94. The summed E-state index contributed by atoms with van der Waals surface area (Å²) < 4.78 is 11.8. The average Bonchev–Trinajstić information content (AvgIpc) is 2.37. The van der Waals surface area contributed by atoms with Crippen LogP contribution < -0.4 is 5.32 Å². The number of rotatable bonds is 7. The molecule has 0 spiro atoms. The number of hydrogen-bond acceptors (Lipinski definition) is 3. The van der Waals surface area contributed by atoms with E-state index >= 15 is 0 Å². The van der Waals surface area contributed by atoms with Crippen molar-refractivity contribution in [3.8, 4) is 0 Å². The number of ether oxygens (including phenoxy) is 2. The van der Waals surface area contributed by atoms with Gasteiger partial charge in [-0.25, -0.2) is 0 Å². The molecule has 0 aromatic heterocycles. The first-order chi connectivity index (χ1) is 8.67. The van der Waals surface area contributed by atoms with E-state index in [9.17, 15) is 4.79 Å². The van der Waals surface area contributed by atoms with Gasteiger partial charge in [-0.3, -0.25) is 4.79 Å². The van der Waals surface area contributed by atoms with E-state index in [2.05, 4.69) is 27.9 Å². The summed E-state index contributed by atoms with van der Waals surface area (Å²) in [6, 6.07) is 7.40. The van der Waals surface area contributed by atoms with Crippen molar-refractivity contribution in [1.82, 2.24) is 5.32 Å². The van der Waals surface area contributed by atoms with E-state index < -0.39 is 0 Å². The van der Waals surface area contributed by atoms with E-state index in [0.29, 0.717) is 25.3 Å². The molecule has 1 amide bonds.